The van der Waals surface area contributed by atoms with Crippen LogP contribution in [-0.2, 0) is 14.3 Å². The van der Waals surface area contributed by atoms with Gasteiger partial charge in [-0.1, -0.05) is 54.5 Å². The summed E-state index contributed by atoms with van der Waals surface area (Å²) < 4.78 is 51.3. The number of aliphatic hydroxyl groups is 2. The Labute approximate surface area is 202 Å². The normalized spacial score (nSPS) is 30.9. The summed E-state index contributed by atoms with van der Waals surface area (Å²) in [4.78, 5) is 11.3. The van der Waals surface area contributed by atoms with E-state index in [4.69, 9.17) is 4.74 Å². The van der Waals surface area contributed by atoms with Crippen LogP contribution in [0.2, 0.25) is 0 Å². The van der Waals surface area contributed by atoms with Crippen LogP contribution in [0.15, 0.2) is 12.2 Å². The molecule has 2 N–H and O–H groups in total. The van der Waals surface area contributed by atoms with Gasteiger partial charge >= 0.3 is 12.1 Å². The van der Waals surface area contributed by atoms with Crippen LogP contribution < -0.4 is 0 Å². The predicted octanol–water partition coefficient (Wildman–Crippen LogP) is 4.82. The van der Waals surface area contributed by atoms with E-state index in [2.05, 4.69) is 27.3 Å². The highest BCUT2D eigenvalue weighted by atomic mass is 127. The summed E-state index contributed by atoms with van der Waals surface area (Å²) in [5.74, 6) is -2.10. The first kappa shape index (κ1) is 27.9. The van der Waals surface area contributed by atoms with Crippen molar-refractivity contribution in [2.45, 2.75) is 86.7 Å². The average Bonchev–Trinajstić information content (AvgIpc) is 3.29. The summed E-state index contributed by atoms with van der Waals surface area (Å²) in [5.41, 5.74) is 0. The van der Waals surface area contributed by atoms with Gasteiger partial charge in [0.2, 0.25) is 0 Å². The number of carbonyl (C=O) groups excluding carboxylic acids is 1. The zero-order valence-electron chi connectivity index (χ0n) is 18.8. The zero-order chi connectivity index (χ0) is 23.9. The van der Waals surface area contributed by atoms with Gasteiger partial charge in [-0.15, -0.1) is 0 Å². The Morgan fingerprint density at radius 1 is 1.28 bits per heavy atom. The lowest BCUT2D eigenvalue weighted by Crippen LogP contribution is -2.33. The number of methoxy groups -OCH3 is 1. The van der Waals surface area contributed by atoms with Crippen molar-refractivity contribution in [3.05, 3.63) is 12.2 Å². The number of allylic oxidation sites excluding steroid dienone is 1. The smallest absolute Gasteiger partial charge is 0.394 e. The SMILES string of the molecule is CCCC[C@H]([C@H](O)/C=C/[C@H]1[C@H](CO)C[C@@H]2O[C@H]([C@@H](I)CCCC(=O)OC)C[C@H]12)C(F)(F)F. The largest absolute Gasteiger partial charge is 0.469 e. The van der Waals surface area contributed by atoms with E-state index in [0.717, 1.165) is 12.8 Å². The Balaban J connectivity index is 1.99. The molecule has 1 aliphatic heterocycles. The van der Waals surface area contributed by atoms with Gasteiger partial charge in [-0.2, -0.15) is 13.2 Å². The first-order chi connectivity index (χ1) is 15.1. The number of rotatable bonds is 12. The quantitative estimate of drug-likeness (QED) is 0.151. The van der Waals surface area contributed by atoms with Gasteiger partial charge in [-0.25, -0.2) is 0 Å². The van der Waals surface area contributed by atoms with Crippen molar-refractivity contribution in [1.29, 1.82) is 0 Å². The van der Waals surface area contributed by atoms with Crippen LogP contribution in [-0.4, -0.2) is 58.3 Å². The number of alkyl halides is 4. The Kier molecular flexibility index (Phi) is 11.2. The van der Waals surface area contributed by atoms with Crippen molar-refractivity contribution in [2.75, 3.05) is 13.7 Å². The second-order valence-corrected chi connectivity index (χ2v) is 10.6. The Bertz CT molecular complexity index is 615. The van der Waals surface area contributed by atoms with Gasteiger partial charge < -0.3 is 19.7 Å². The van der Waals surface area contributed by atoms with Gasteiger partial charge in [0.1, 0.15) is 0 Å². The molecular weight excluding hydrogens is 540 g/mol. The molecule has 0 aromatic carbocycles. The van der Waals surface area contributed by atoms with E-state index < -0.39 is 18.2 Å². The average molecular weight is 576 g/mol. The van der Waals surface area contributed by atoms with E-state index in [9.17, 15) is 28.2 Å². The van der Waals surface area contributed by atoms with E-state index in [0.29, 0.717) is 32.1 Å². The Hall–Kier alpha value is -0.390. The van der Waals surface area contributed by atoms with Crippen molar-refractivity contribution >= 4 is 28.6 Å². The molecule has 2 fully saturated rings. The maximum absolute atomic E-state index is 13.4. The number of esters is 1. The molecule has 0 radical (unpaired) electrons. The minimum absolute atomic E-state index is 0.0104. The molecule has 0 amide bonds. The molecule has 0 aromatic heterocycles. The van der Waals surface area contributed by atoms with Crippen molar-refractivity contribution in [2.24, 2.45) is 23.7 Å². The van der Waals surface area contributed by atoms with Gasteiger partial charge in [0, 0.05) is 17.0 Å². The molecule has 186 valence electrons. The zero-order valence-corrected chi connectivity index (χ0v) is 20.9. The summed E-state index contributed by atoms with van der Waals surface area (Å²) in [6.07, 6.45) is 1.16. The highest BCUT2D eigenvalue weighted by Crippen LogP contribution is 2.49. The summed E-state index contributed by atoms with van der Waals surface area (Å²) in [6.45, 7) is 1.77. The maximum atomic E-state index is 13.4. The van der Waals surface area contributed by atoms with Crippen molar-refractivity contribution in [3.63, 3.8) is 0 Å². The second-order valence-electron chi connectivity index (χ2n) is 9.02. The topological polar surface area (TPSA) is 76.0 Å². The highest BCUT2D eigenvalue weighted by molar-refractivity contribution is 14.1. The number of aliphatic hydroxyl groups excluding tert-OH is 2. The van der Waals surface area contributed by atoms with E-state index in [1.807, 2.05) is 6.92 Å². The maximum Gasteiger partial charge on any atom is 0.394 e. The van der Waals surface area contributed by atoms with Crippen molar-refractivity contribution in [1.82, 2.24) is 0 Å². The second kappa shape index (κ2) is 12.9. The molecule has 1 saturated heterocycles. The number of fused-ring (bicyclic) bond motifs is 1. The van der Waals surface area contributed by atoms with Gasteiger partial charge in [-0.05, 0) is 49.9 Å². The molecular formula is C23H36F3IO5. The summed E-state index contributed by atoms with van der Waals surface area (Å²) in [7, 11) is 1.37. The van der Waals surface area contributed by atoms with Gasteiger partial charge in [0.25, 0.3) is 0 Å². The third-order valence-corrected chi connectivity index (χ3v) is 8.29. The highest BCUT2D eigenvalue weighted by Gasteiger charge is 2.49. The number of ether oxygens (including phenoxy) is 2. The van der Waals surface area contributed by atoms with Crippen LogP contribution in [0.25, 0.3) is 0 Å². The number of hydrogen-bond acceptors (Lipinski definition) is 5. The van der Waals surface area contributed by atoms with E-state index in [1.165, 1.54) is 13.2 Å². The van der Waals surface area contributed by atoms with Crippen LogP contribution in [0.1, 0.15) is 58.3 Å². The van der Waals surface area contributed by atoms with Gasteiger partial charge in [-0.3, -0.25) is 4.79 Å². The van der Waals surface area contributed by atoms with E-state index >= 15 is 0 Å². The summed E-state index contributed by atoms with van der Waals surface area (Å²) in [5, 5.41) is 20.1. The minimum Gasteiger partial charge on any atom is -0.469 e. The molecule has 0 unspecified atom stereocenters. The standard InChI is InChI=1S/C23H36F3IO5/c1-3-4-6-17(23(24,25)26)19(29)10-9-15-14(13-28)11-20-16(15)12-21(32-20)18(27)7-5-8-22(30)31-2/h9-10,14-21,28-29H,3-8,11-13H2,1-2H3/b10-9+/t14-,15-,16+,17+,18-,19+,20-,21-/m0/s1. The fourth-order valence-corrected chi connectivity index (χ4v) is 5.93. The fourth-order valence-electron chi connectivity index (χ4n) is 5.03. The number of unbranched alkanes of at least 4 members (excludes halogenated alkanes) is 1. The number of halogens is 4. The van der Waals surface area contributed by atoms with Crippen molar-refractivity contribution < 1.29 is 37.7 Å². The molecule has 1 heterocycles. The Morgan fingerprint density at radius 2 is 2.00 bits per heavy atom. The van der Waals surface area contributed by atoms with Crippen LogP contribution in [0.3, 0.4) is 0 Å². The number of hydrogen-bond donors (Lipinski definition) is 2. The molecule has 0 spiro atoms. The molecule has 2 aliphatic rings. The molecule has 9 heteroatoms. The first-order valence-corrected chi connectivity index (χ1v) is 12.8. The van der Waals surface area contributed by atoms with E-state index in [-0.39, 0.29) is 52.9 Å². The molecule has 0 bridgehead atoms. The lowest BCUT2D eigenvalue weighted by atomic mass is 9.85. The van der Waals surface area contributed by atoms with Crippen LogP contribution in [0.5, 0.6) is 0 Å². The molecule has 2 rings (SSSR count). The lowest BCUT2D eigenvalue weighted by Gasteiger charge is -2.25. The van der Waals surface area contributed by atoms with Crippen LogP contribution in [0, 0.1) is 23.7 Å². The van der Waals surface area contributed by atoms with Crippen LogP contribution in [0.4, 0.5) is 13.2 Å². The first-order valence-electron chi connectivity index (χ1n) is 11.5. The number of carbonyl (C=O) groups is 1. The molecule has 1 saturated carbocycles. The third-order valence-electron chi connectivity index (χ3n) is 6.86. The van der Waals surface area contributed by atoms with Crippen LogP contribution >= 0.6 is 22.6 Å². The monoisotopic (exact) mass is 576 g/mol. The van der Waals surface area contributed by atoms with Gasteiger partial charge in [0.15, 0.2) is 0 Å². The molecule has 0 aromatic rings. The molecule has 5 nitrogen and oxygen atoms in total. The van der Waals surface area contributed by atoms with E-state index in [1.54, 1.807) is 6.08 Å². The Morgan fingerprint density at radius 3 is 2.59 bits per heavy atom. The van der Waals surface area contributed by atoms with Gasteiger partial charge in [0.05, 0.1) is 31.3 Å². The lowest BCUT2D eigenvalue weighted by molar-refractivity contribution is -0.195. The summed E-state index contributed by atoms with van der Waals surface area (Å²) in [6, 6.07) is 0. The molecule has 8 atom stereocenters. The van der Waals surface area contributed by atoms with Crippen molar-refractivity contribution in [3.8, 4) is 0 Å². The summed E-state index contributed by atoms with van der Waals surface area (Å²) >= 11 is 2.34. The minimum atomic E-state index is -4.45. The fraction of sp³-hybridized carbons (Fsp3) is 0.870. The third kappa shape index (κ3) is 7.56. The predicted molar refractivity (Wildman–Crippen MR) is 123 cm³/mol. The molecule has 32 heavy (non-hydrogen) atoms. The molecule has 1 aliphatic carbocycles.